The Morgan fingerprint density at radius 2 is 1.75 bits per heavy atom. The van der Waals surface area contributed by atoms with Gasteiger partial charge in [0.05, 0.1) is 17.9 Å². The van der Waals surface area contributed by atoms with E-state index in [2.05, 4.69) is 0 Å². The van der Waals surface area contributed by atoms with E-state index in [1.165, 1.54) is 29.2 Å². The molecule has 36 heavy (non-hydrogen) atoms. The van der Waals surface area contributed by atoms with Gasteiger partial charge in [0.15, 0.2) is 5.69 Å². The van der Waals surface area contributed by atoms with Crippen LogP contribution in [-0.2, 0) is 13.1 Å². The molecule has 0 saturated heterocycles. The van der Waals surface area contributed by atoms with Crippen LogP contribution in [0.5, 0.6) is 0 Å². The molecule has 2 atom stereocenters. The van der Waals surface area contributed by atoms with E-state index in [0.29, 0.717) is 42.0 Å². The van der Waals surface area contributed by atoms with E-state index in [-0.39, 0.29) is 42.1 Å². The SMILES string of the molecule is CCC(O)CC(O)CCn1c(-c2ccc(F)cc2)nc(C(=O)N(C)Cc2cccc(F)c2)c1C(C)C. The third-order valence-corrected chi connectivity index (χ3v) is 6.22. The van der Waals surface area contributed by atoms with Crippen LogP contribution in [-0.4, -0.2) is 49.8 Å². The van der Waals surface area contributed by atoms with E-state index in [1.807, 2.05) is 25.3 Å². The Bertz CT molecular complexity index is 1160. The number of aromatic nitrogens is 2. The third kappa shape index (κ3) is 6.77. The van der Waals surface area contributed by atoms with Gasteiger partial charge in [0, 0.05) is 25.7 Å². The molecule has 1 aromatic heterocycles. The fourth-order valence-corrected chi connectivity index (χ4v) is 4.29. The smallest absolute Gasteiger partial charge is 0.274 e. The number of carbonyl (C=O) groups excluding carboxylic acids is 1. The second kappa shape index (κ2) is 12.2. The van der Waals surface area contributed by atoms with Gasteiger partial charge in [-0.3, -0.25) is 4.79 Å². The molecule has 0 aliphatic rings. The van der Waals surface area contributed by atoms with E-state index in [0.717, 1.165) is 0 Å². The lowest BCUT2D eigenvalue weighted by Gasteiger charge is -2.20. The van der Waals surface area contributed by atoms with E-state index in [9.17, 15) is 23.8 Å². The lowest BCUT2D eigenvalue weighted by molar-refractivity contribution is 0.0711. The minimum absolute atomic E-state index is 0.0772. The normalized spacial score (nSPS) is 13.1. The predicted molar refractivity (Wildman–Crippen MR) is 135 cm³/mol. The number of imidazole rings is 1. The third-order valence-electron chi connectivity index (χ3n) is 6.22. The molecule has 0 radical (unpaired) electrons. The van der Waals surface area contributed by atoms with Crippen molar-refractivity contribution in [2.24, 2.45) is 0 Å². The Kier molecular flexibility index (Phi) is 9.34. The van der Waals surface area contributed by atoms with Crippen molar-refractivity contribution in [3.8, 4) is 11.4 Å². The van der Waals surface area contributed by atoms with Gasteiger partial charge >= 0.3 is 0 Å². The number of amides is 1. The van der Waals surface area contributed by atoms with Crippen LogP contribution in [0, 0.1) is 11.6 Å². The summed E-state index contributed by atoms with van der Waals surface area (Å²) in [5, 5.41) is 20.4. The molecule has 3 aromatic rings. The summed E-state index contributed by atoms with van der Waals surface area (Å²) in [6, 6.07) is 12.0. The van der Waals surface area contributed by atoms with Crippen molar-refractivity contribution in [1.29, 1.82) is 0 Å². The zero-order valence-electron chi connectivity index (χ0n) is 21.3. The summed E-state index contributed by atoms with van der Waals surface area (Å²) >= 11 is 0. The molecule has 1 heterocycles. The van der Waals surface area contributed by atoms with E-state index >= 15 is 0 Å². The Labute approximate surface area is 211 Å². The van der Waals surface area contributed by atoms with Gasteiger partial charge in [0.1, 0.15) is 17.5 Å². The first-order valence-electron chi connectivity index (χ1n) is 12.3. The maximum atomic E-state index is 13.7. The van der Waals surface area contributed by atoms with Crippen LogP contribution in [0.1, 0.15) is 67.7 Å². The topological polar surface area (TPSA) is 78.6 Å². The number of halogens is 2. The van der Waals surface area contributed by atoms with Gasteiger partial charge in [-0.15, -0.1) is 0 Å². The van der Waals surface area contributed by atoms with Crippen LogP contribution in [0.4, 0.5) is 8.78 Å². The molecule has 0 aliphatic heterocycles. The first-order valence-corrected chi connectivity index (χ1v) is 12.3. The summed E-state index contributed by atoms with van der Waals surface area (Å²) in [6.45, 7) is 6.35. The van der Waals surface area contributed by atoms with Gasteiger partial charge in [0.25, 0.3) is 5.91 Å². The molecule has 2 unspecified atom stereocenters. The highest BCUT2D eigenvalue weighted by atomic mass is 19.1. The highest BCUT2D eigenvalue weighted by molar-refractivity contribution is 5.94. The molecule has 0 saturated carbocycles. The van der Waals surface area contributed by atoms with Crippen molar-refractivity contribution in [3.05, 3.63) is 77.1 Å². The fourth-order valence-electron chi connectivity index (χ4n) is 4.29. The number of aliphatic hydroxyl groups excluding tert-OH is 2. The Morgan fingerprint density at radius 3 is 2.36 bits per heavy atom. The van der Waals surface area contributed by atoms with Crippen LogP contribution in [0.15, 0.2) is 48.5 Å². The summed E-state index contributed by atoms with van der Waals surface area (Å²) in [5.41, 5.74) is 2.28. The second-order valence-corrected chi connectivity index (χ2v) is 9.51. The van der Waals surface area contributed by atoms with Gasteiger partial charge in [-0.25, -0.2) is 13.8 Å². The van der Waals surface area contributed by atoms with Crippen molar-refractivity contribution in [2.45, 2.75) is 71.2 Å². The molecular weight excluding hydrogens is 464 g/mol. The van der Waals surface area contributed by atoms with Gasteiger partial charge in [-0.1, -0.05) is 32.9 Å². The number of hydrogen-bond acceptors (Lipinski definition) is 4. The summed E-state index contributed by atoms with van der Waals surface area (Å²) in [7, 11) is 1.64. The first kappa shape index (κ1) is 27.5. The van der Waals surface area contributed by atoms with Crippen LogP contribution in [0.25, 0.3) is 11.4 Å². The molecule has 194 valence electrons. The van der Waals surface area contributed by atoms with E-state index in [4.69, 9.17) is 4.98 Å². The minimum Gasteiger partial charge on any atom is -0.393 e. The fraction of sp³-hybridized carbons (Fsp3) is 0.429. The van der Waals surface area contributed by atoms with Crippen molar-refractivity contribution in [3.63, 3.8) is 0 Å². The average Bonchev–Trinajstić information content (AvgIpc) is 3.22. The Balaban J connectivity index is 1.99. The molecule has 0 bridgehead atoms. The van der Waals surface area contributed by atoms with Crippen LogP contribution < -0.4 is 0 Å². The maximum absolute atomic E-state index is 13.7. The molecular formula is C28H35F2N3O3. The number of aliphatic hydroxyl groups is 2. The van der Waals surface area contributed by atoms with E-state index < -0.39 is 12.2 Å². The molecule has 8 heteroatoms. The number of nitrogens with zero attached hydrogens (tertiary/aromatic N) is 3. The number of benzene rings is 2. The summed E-state index contributed by atoms with van der Waals surface area (Å²) < 4.78 is 29.2. The summed E-state index contributed by atoms with van der Waals surface area (Å²) in [6.07, 6.45) is -0.142. The van der Waals surface area contributed by atoms with Crippen LogP contribution in [0.2, 0.25) is 0 Å². The molecule has 1 amide bonds. The molecule has 3 rings (SSSR count). The zero-order chi connectivity index (χ0) is 26.4. The van der Waals surface area contributed by atoms with Gasteiger partial charge in [-0.05, 0) is 67.1 Å². The highest BCUT2D eigenvalue weighted by Crippen LogP contribution is 2.30. The molecule has 2 aromatic carbocycles. The highest BCUT2D eigenvalue weighted by Gasteiger charge is 2.27. The van der Waals surface area contributed by atoms with E-state index in [1.54, 1.807) is 31.3 Å². The molecule has 6 nitrogen and oxygen atoms in total. The zero-order valence-corrected chi connectivity index (χ0v) is 21.3. The molecule has 2 N–H and O–H groups in total. The summed E-state index contributed by atoms with van der Waals surface area (Å²) in [5.74, 6) is -0.634. The molecule has 0 spiro atoms. The largest absolute Gasteiger partial charge is 0.393 e. The Morgan fingerprint density at radius 1 is 1.06 bits per heavy atom. The predicted octanol–water partition coefficient (Wildman–Crippen LogP) is 5.14. The van der Waals surface area contributed by atoms with Gasteiger partial charge in [-0.2, -0.15) is 0 Å². The quantitative estimate of drug-likeness (QED) is 0.383. The standard InChI is InChI=1S/C28H35F2N3O3/c1-5-23(34)16-24(35)13-14-33-26(18(2)3)25(31-27(33)20-9-11-21(29)12-10-20)28(36)32(4)17-19-7-6-8-22(30)15-19/h6-12,15,18,23-24,34-35H,5,13-14,16-17H2,1-4H3. The van der Waals surface area contributed by atoms with Gasteiger partial charge in [0.2, 0.25) is 0 Å². The lowest BCUT2D eigenvalue weighted by Crippen LogP contribution is -2.28. The lowest BCUT2D eigenvalue weighted by atomic mass is 10.0. The minimum atomic E-state index is -0.724. The van der Waals surface area contributed by atoms with Gasteiger partial charge < -0.3 is 19.7 Å². The second-order valence-electron chi connectivity index (χ2n) is 9.51. The first-order chi connectivity index (χ1) is 17.1. The van der Waals surface area contributed by atoms with Crippen molar-refractivity contribution < 1.29 is 23.8 Å². The van der Waals surface area contributed by atoms with Crippen molar-refractivity contribution in [1.82, 2.24) is 14.5 Å². The molecule has 0 fully saturated rings. The number of carbonyl (C=O) groups is 1. The monoisotopic (exact) mass is 499 g/mol. The van der Waals surface area contributed by atoms with Crippen molar-refractivity contribution >= 4 is 5.91 Å². The number of rotatable bonds is 11. The number of hydrogen-bond donors (Lipinski definition) is 2. The summed E-state index contributed by atoms with van der Waals surface area (Å²) in [4.78, 5) is 19.8. The average molecular weight is 500 g/mol. The van der Waals surface area contributed by atoms with Crippen LogP contribution in [0.3, 0.4) is 0 Å². The van der Waals surface area contributed by atoms with Crippen LogP contribution >= 0.6 is 0 Å². The van der Waals surface area contributed by atoms with Crippen molar-refractivity contribution in [2.75, 3.05) is 7.05 Å². The Hall–Kier alpha value is -3.10. The molecule has 0 aliphatic carbocycles. The maximum Gasteiger partial charge on any atom is 0.274 e.